The molecule has 13 heteroatoms. The number of fused-ring (bicyclic) bond motifs is 1. The van der Waals surface area contributed by atoms with Gasteiger partial charge in [-0.3, -0.25) is 19.4 Å². The number of nitrogens with one attached hydrogen (secondary N) is 1. The van der Waals surface area contributed by atoms with Crippen molar-refractivity contribution in [3.8, 4) is 5.88 Å². The van der Waals surface area contributed by atoms with E-state index in [9.17, 15) is 14.4 Å². The van der Waals surface area contributed by atoms with Crippen LogP contribution in [-0.2, 0) is 16.2 Å². The van der Waals surface area contributed by atoms with Crippen LogP contribution in [0.3, 0.4) is 0 Å². The number of aromatic nitrogens is 6. The Morgan fingerprint density at radius 1 is 1.10 bits per heavy atom. The zero-order chi connectivity index (χ0) is 28.5. The number of urea groups is 1. The van der Waals surface area contributed by atoms with Crippen molar-refractivity contribution >= 4 is 35.4 Å². The predicted molar refractivity (Wildman–Crippen MR) is 147 cm³/mol. The van der Waals surface area contributed by atoms with Crippen LogP contribution < -0.4 is 15.0 Å². The first kappa shape index (κ1) is 26.3. The van der Waals surface area contributed by atoms with Gasteiger partial charge in [-0.15, -0.1) is 5.10 Å². The third-order valence-corrected chi connectivity index (χ3v) is 7.11. The van der Waals surface area contributed by atoms with Gasteiger partial charge < -0.3 is 14.5 Å². The second kappa shape index (κ2) is 10.9. The Morgan fingerprint density at radius 3 is 2.59 bits per heavy atom. The van der Waals surface area contributed by atoms with Gasteiger partial charge in [0.05, 0.1) is 23.3 Å². The van der Waals surface area contributed by atoms with Gasteiger partial charge in [-0.2, -0.15) is 5.10 Å². The molecular formula is C28H29N9O4. The number of pyridine rings is 1. The van der Waals surface area contributed by atoms with Crippen LogP contribution in [0.25, 0.3) is 5.65 Å². The second-order valence-corrected chi connectivity index (χ2v) is 10.4. The van der Waals surface area contributed by atoms with Crippen LogP contribution in [0.5, 0.6) is 5.88 Å². The lowest BCUT2D eigenvalue weighted by Crippen LogP contribution is -2.30. The highest BCUT2D eigenvalue weighted by molar-refractivity contribution is 6.13. The lowest BCUT2D eigenvalue weighted by Gasteiger charge is -2.17. The molecule has 210 valence electrons. The fourth-order valence-corrected chi connectivity index (χ4v) is 4.56. The Bertz CT molecular complexity index is 1630. The first-order valence-electron chi connectivity index (χ1n) is 13.4. The van der Waals surface area contributed by atoms with Crippen molar-refractivity contribution in [2.45, 2.75) is 51.0 Å². The van der Waals surface area contributed by atoms with E-state index < -0.39 is 0 Å². The quantitative estimate of drug-likeness (QED) is 0.256. The summed E-state index contributed by atoms with van der Waals surface area (Å²) in [6.07, 6.45) is 12.4. The summed E-state index contributed by atoms with van der Waals surface area (Å²) in [6.45, 7) is 2.11. The molecule has 0 radical (unpaired) electrons. The number of anilines is 2. The van der Waals surface area contributed by atoms with Crippen LogP contribution in [0.4, 0.5) is 16.2 Å². The molecular weight excluding hydrogens is 526 g/mol. The van der Waals surface area contributed by atoms with Crippen molar-refractivity contribution in [2.24, 2.45) is 0 Å². The zero-order valence-electron chi connectivity index (χ0n) is 22.7. The summed E-state index contributed by atoms with van der Waals surface area (Å²) in [4.78, 5) is 50.9. The molecule has 1 N–H and O–H groups in total. The lowest BCUT2D eigenvalue weighted by molar-refractivity contribution is -0.123. The molecule has 4 amide bonds. The largest absolute Gasteiger partial charge is 0.470 e. The van der Waals surface area contributed by atoms with Crippen LogP contribution in [0.2, 0.25) is 0 Å². The van der Waals surface area contributed by atoms with E-state index in [-0.39, 0.29) is 31.0 Å². The number of hydrogen-bond donors (Lipinski definition) is 1. The number of nitrogens with zero attached hydrogens (tertiary/aromatic N) is 8. The maximum Gasteiger partial charge on any atom is 0.331 e. The highest BCUT2D eigenvalue weighted by Gasteiger charge is 2.36. The van der Waals surface area contributed by atoms with Gasteiger partial charge in [-0.1, -0.05) is 0 Å². The molecule has 0 aromatic carbocycles. The van der Waals surface area contributed by atoms with E-state index in [0.717, 1.165) is 34.8 Å². The minimum Gasteiger partial charge on any atom is -0.470 e. The number of likely N-dealkylation sites (N-methyl/N-ethyl adjacent to an activating group) is 1. The van der Waals surface area contributed by atoms with E-state index in [1.165, 1.54) is 31.0 Å². The molecule has 0 bridgehead atoms. The monoisotopic (exact) mass is 555 g/mol. The van der Waals surface area contributed by atoms with E-state index in [1.54, 1.807) is 6.07 Å². The van der Waals surface area contributed by atoms with Gasteiger partial charge in [0, 0.05) is 43.3 Å². The van der Waals surface area contributed by atoms with Gasteiger partial charge in [0.1, 0.15) is 19.0 Å². The fourth-order valence-electron chi connectivity index (χ4n) is 4.56. The molecule has 3 fully saturated rings. The highest BCUT2D eigenvalue weighted by Crippen LogP contribution is 2.42. The molecule has 2 saturated carbocycles. The van der Waals surface area contributed by atoms with E-state index in [0.29, 0.717) is 41.0 Å². The predicted octanol–water partition coefficient (Wildman–Crippen LogP) is 3.21. The number of aryl methyl sites for hydroxylation is 1. The third-order valence-electron chi connectivity index (χ3n) is 7.11. The lowest BCUT2D eigenvalue weighted by atomic mass is 10.1. The summed E-state index contributed by atoms with van der Waals surface area (Å²) in [5.41, 5.74) is 4.46. The van der Waals surface area contributed by atoms with Gasteiger partial charge in [0.25, 0.3) is 0 Å². The van der Waals surface area contributed by atoms with Crippen molar-refractivity contribution < 1.29 is 19.1 Å². The minimum atomic E-state index is -0.365. The molecule has 4 aromatic rings. The van der Waals surface area contributed by atoms with Gasteiger partial charge in [0.2, 0.25) is 18.2 Å². The molecule has 2 aliphatic carbocycles. The van der Waals surface area contributed by atoms with Crippen molar-refractivity contribution in [1.82, 2.24) is 34.4 Å². The van der Waals surface area contributed by atoms with Crippen molar-refractivity contribution in [1.29, 1.82) is 0 Å². The van der Waals surface area contributed by atoms with Crippen LogP contribution in [0, 0.1) is 6.92 Å². The van der Waals surface area contributed by atoms with Crippen molar-refractivity contribution in [2.75, 3.05) is 23.8 Å². The van der Waals surface area contributed by atoms with Crippen molar-refractivity contribution in [3.05, 3.63) is 65.8 Å². The van der Waals surface area contributed by atoms with E-state index >= 15 is 0 Å². The molecule has 0 unspecified atom stereocenters. The Labute approximate surface area is 235 Å². The van der Waals surface area contributed by atoms with E-state index in [1.807, 2.05) is 42.0 Å². The number of carbonyl (C=O) groups excluding carboxylic acids is 3. The molecule has 1 aliphatic heterocycles. The molecule has 3 aliphatic rings. The number of imide groups is 1. The molecule has 5 heterocycles. The van der Waals surface area contributed by atoms with Gasteiger partial charge >= 0.3 is 6.03 Å². The summed E-state index contributed by atoms with van der Waals surface area (Å²) >= 11 is 0. The van der Waals surface area contributed by atoms with Crippen LogP contribution in [0.1, 0.15) is 60.3 Å². The Kier molecular flexibility index (Phi) is 7.00. The molecule has 4 aromatic heterocycles. The Balaban J connectivity index is 0.000000253. The smallest absolute Gasteiger partial charge is 0.331 e. The fraction of sp³-hybridized carbons (Fsp3) is 0.357. The minimum absolute atomic E-state index is 0.01000. The van der Waals surface area contributed by atoms with Gasteiger partial charge in [-0.25, -0.2) is 19.7 Å². The number of rotatable bonds is 8. The average molecular weight is 556 g/mol. The van der Waals surface area contributed by atoms with Gasteiger partial charge in [-0.05, 0) is 56.2 Å². The number of carbonyl (C=O) groups is 3. The SMILES string of the molecule is CN1C(=O)CN(c2cc(C3CC3)cn3cc(COc4cc(NC=O)cnn4)nc23)C1=O.Cc1ccnc(C2CC2)n1. The van der Waals surface area contributed by atoms with Gasteiger partial charge in [0.15, 0.2) is 5.65 Å². The summed E-state index contributed by atoms with van der Waals surface area (Å²) in [6, 6.07) is 5.08. The first-order chi connectivity index (χ1) is 19.9. The Morgan fingerprint density at radius 2 is 1.90 bits per heavy atom. The summed E-state index contributed by atoms with van der Waals surface area (Å²) in [5.74, 6) is 2.17. The molecule has 0 spiro atoms. The number of hydrogen-bond acceptors (Lipinski definition) is 9. The third kappa shape index (κ3) is 5.83. The molecule has 0 atom stereocenters. The summed E-state index contributed by atoms with van der Waals surface area (Å²) in [5, 5.41) is 10.2. The molecule has 1 saturated heterocycles. The highest BCUT2D eigenvalue weighted by atomic mass is 16.5. The van der Waals surface area contributed by atoms with Crippen LogP contribution in [0.15, 0.2) is 43.0 Å². The number of imidazole rings is 1. The number of ether oxygens (including phenoxy) is 1. The van der Waals surface area contributed by atoms with E-state index in [4.69, 9.17) is 4.74 Å². The normalized spacial score (nSPS) is 16.5. The van der Waals surface area contributed by atoms with Crippen molar-refractivity contribution in [3.63, 3.8) is 0 Å². The molecule has 13 nitrogen and oxygen atoms in total. The summed E-state index contributed by atoms with van der Waals surface area (Å²) < 4.78 is 7.54. The maximum absolute atomic E-state index is 12.6. The van der Waals surface area contributed by atoms with Crippen LogP contribution in [-0.4, -0.2) is 66.4 Å². The number of amides is 4. The zero-order valence-corrected chi connectivity index (χ0v) is 22.7. The summed E-state index contributed by atoms with van der Waals surface area (Å²) in [7, 11) is 1.48. The molecule has 7 rings (SSSR count). The second-order valence-electron chi connectivity index (χ2n) is 10.4. The topological polar surface area (TPSA) is 148 Å². The first-order valence-corrected chi connectivity index (χ1v) is 13.4. The van der Waals surface area contributed by atoms with Crippen LogP contribution >= 0.6 is 0 Å². The maximum atomic E-state index is 12.6. The molecule has 41 heavy (non-hydrogen) atoms. The standard InChI is InChI=1S/C20H19N7O4.C8H10N2/c1-25-18(29)9-27(20(25)30)16-4-13(12-2-3-12)7-26-8-15(23-19(16)26)10-31-17-5-14(21-11-28)6-22-24-17;1-6-4-5-9-8(10-6)7-2-3-7/h4-8,11-12H,2-3,9-10H2,1H3,(H,21,24,28);4-5,7H,2-3H2,1H3. The Hall–Kier alpha value is -4.94. The average Bonchev–Trinajstić information content (AvgIpc) is 3.90. The van der Waals surface area contributed by atoms with E-state index in [2.05, 4.69) is 30.5 Å².